The summed E-state index contributed by atoms with van der Waals surface area (Å²) in [6.45, 7) is 0. The third-order valence-corrected chi connectivity index (χ3v) is 6.15. The Hall–Kier alpha value is -5.77. The van der Waals surface area contributed by atoms with Gasteiger partial charge in [-0.05, 0) is 22.9 Å². The molecule has 0 spiro atoms. The lowest BCUT2D eigenvalue weighted by Gasteiger charge is -2.35. The van der Waals surface area contributed by atoms with E-state index in [4.69, 9.17) is 19.6 Å². The highest BCUT2D eigenvalue weighted by Gasteiger charge is 2.43. The van der Waals surface area contributed by atoms with Gasteiger partial charge in [-0.15, -0.1) is 10.2 Å². The van der Waals surface area contributed by atoms with E-state index in [-0.39, 0.29) is 50.9 Å². The Balaban J connectivity index is 1.88. The number of fused-ring (bicyclic) bond motifs is 1. The lowest BCUT2D eigenvalue weighted by atomic mass is 9.81. The zero-order valence-corrected chi connectivity index (χ0v) is 20.5. The first-order chi connectivity index (χ1) is 18.9. The molecule has 3 heterocycles. The minimum absolute atomic E-state index is 0.00630. The average Bonchev–Trinajstić information content (AvgIpc) is 3.51. The van der Waals surface area contributed by atoms with Gasteiger partial charge in [0.25, 0.3) is 0 Å². The normalized spacial score (nSPS) is 15.3. The van der Waals surface area contributed by atoms with Gasteiger partial charge in [0.15, 0.2) is 16.8 Å². The van der Waals surface area contributed by atoms with E-state index in [1.54, 1.807) is 30.3 Å². The molecule has 0 aliphatic carbocycles. The summed E-state index contributed by atoms with van der Waals surface area (Å²) in [4.78, 5) is 40.8. The second kappa shape index (κ2) is 9.94. The number of aromatic amines is 1. The Kier molecular flexibility index (Phi) is 6.35. The van der Waals surface area contributed by atoms with Crippen molar-refractivity contribution >= 4 is 28.6 Å². The number of anilines is 1. The minimum atomic E-state index is -1.05. The van der Waals surface area contributed by atoms with Gasteiger partial charge >= 0.3 is 11.9 Å². The van der Waals surface area contributed by atoms with Crippen LogP contribution in [0.5, 0.6) is 0 Å². The number of carbonyl (C=O) groups is 2. The van der Waals surface area contributed by atoms with E-state index in [1.165, 1.54) is 24.3 Å². The molecule has 2 aromatic carbocycles. The maximum absolute atomic E-state index is 13.3. The number of nitrogens with one attached hydrogen (secondary N) is 1. The zero-order chi connectivity index (χ0) is 27.7. The number of nitriles is 1. The Bertz CT molecular complexity index is 1770. The van der Waals surface area contributed by atoms with Crippen molar-refractivity contribution in [2.75, 3.05) is 19.1 Å². The molecular weight excluding hydrogens is 506 g/mol. The number of methoxy groups -OCH3 is 2. The summed E-state index contributed by atoms with van der Waals surface area (Å²) in [6.07, 6.45) is 0. The number of hydrogen-bond acceptors (Lipinski definition) is 12. The van der Waals surface area contributed by atoms with Crippen LogP contribution in [0.1, 0.15) is 11.5 Å². The second-order valence-corrected chi connectivity index (χ2v) is 8.20. The average molecular weight is 525 g/mol. The largest absolute Gasteiger partial charge is 0.466 e. The molecule has 0 radical (unpaired) electrons. The van der Waals surface area contributed by atoms with Crippen LogP contribution < -0.4 is 16.1 Å². The van der Waals surface area contributed by atoms with Gasteiger partial charge in [-0.3, -0.25) is 9.69 Å². The summed E-state index contributed by atoms with van der Waals surface area (Å²) < 4.78 is 16.1. The SMILES string of the molecule is COC(=O)C1=C(C(=O)OC)N(c2cccc3c(=O)cc(-c4nn[nH]n4)oc23)C(N)=C(C#N)C1c1ccccc1. The number of tetrazole rings is 1. The third-order valence-electron chi connectivity index (χ3n) is 6.15. The Labute approximate surface area is 219 Å². The fourth-order valence-corrected chi connectivity index (χ4v) is 4.48. The molecule has 39 heavy (non-hydrogen) atoms. The Morgan fingerprint density at radius 2 is 1.85 bits per heavy atom. The summed E-state index contributed by atoms with van der Waals surface area (Å²) in [6, 6.07) is 16.4. The van der Waals surface area contributed by atoms with Crippen molar-refractivity contribution in [1.82, 2.24) is 20.6 Å². The quantitative estimate of drug-likeness (QED) is 0.360. The van der Waals surface area contributed by atoms with Gasteiger partial charge in [0.1, 0.15) is 11.5 Å². The van der Waals surface area contributed by atoms with E-state index in [0.717, 1.165) is 19.1 Å². The van der Waals surface area contributed by atoms with Gasteiger partial charge in [0, 0.05) is 6.07 Å². The number of H-pyrrole nitrogens is 1. The van der Waals surface area contributed by atoms with Crippen LogP contribution in [-0.4, -0.2) is 46.8 Å². The molecule has 13 nitrogen and oxygen atoms in total. The monoisotopic (exact) mass is 525 g/mol. The standard InChI is InChI=1S/C26H19N7O6/c1-37-25(35)20-19(13-7-4-3-5-8-13)15(12-27)23(28)33(21(20)26(36)38-2)16-10-6-9-14-17(34)11-18(39-22(14)16)24-29-31-32-30-24/h3-11,19H,28H2,1-2H3,(H,29,30,31,32). The number of para-hydroxylation sites is 1. The van der Waals surface area contributed by atoms with E-state index in [2.05, 4.69) is 26.7 Å². The molecule has 5 rings (SSSR count). The molecule has 0 amide bonds. The molecule has 13 heteroatoms. The van der Waals surface area contributed by atoms with Crippen molar-refractivity contribution in [2.24, 2.45) is 5.73 Å². The Morgan fingerprint density at radius 1 is 1.10 bits per heavy atom. The molecule has 0 saturated carbocycles. The highest BCUT2D eigenvalue weighted by molar-refractivity contribution is 6.08. The van der Waals surface area contributed by atoms with Crippen LogP contribution in [0.15, 0.2) is 86.5 Å². The van der Waals surface area contributed by atoms with Gasteiger partial charge < -0.3 is 19.6 Å². The number of nitrogens with zero attached hydrogens (tertiary/aromatic N) is 5. The first kappa shape index (κ1) is 24.9. The number of esters is 2. The number of hydrogen-bond donors (Lipinski definition) is 2. The maximum Gasteiger partial charge on any atom is 0.355 e. The first-order valence-corrected chi connectivity index (χ1v) is 11.4. The molecule has 0 bridgehead atoms. The van der Waals surface area contributed by atoms with Crippen LogP contribution in [0.3, 0.4) is 0 Å². The Morgan fingerprint density at radius 3 is 2.49 bits per heavy atom. The number of benzene rings is 2. The molecule has 0 fully saturated rings. The summed E-state index contributed by atoms with van der Waals surface area (Å²) >= 11 is 0. The molecule has 1 aliphatic heterocycles. The zero-order valence-electron chi connectivity index (χ0n) is 20.5. The van der Waals surface area contributed by atoms with Crippen molar-refractivity contribution in [3.05, 3.63) is 93.0 Å². The van der Waals surface area contributed by atoms with Crippen molar-refractivity contribution in [3.63, 3.8) is 0 Å². The lowest BCUT2D eigenvalue weighted by molar-refractivity contribution is -0.139. The molecular formula is C26H19N7O6. The van der Waals surface area contributed by atoms with Gasteiger partial charge in [0.2, 0.25) is 5.82 Å². The molecule has 1 atom stereocenters. The number of rotatable bonds is 5. The second-order valence-electron chi connectivity index (χ2n) is 8.20. The number of allylic oxidation sites excluding steroid dienone is 1. The van der Waals surface area contributed by atoms with Crippen molar-refractivity contribution < 1.29 is 23.5 Å². The maximum atomic E-state index is 13.3. The predicted octanol–water partition coefficient (Wildman–Crippen LogP) is 1.87. The van der Waals surface area contributed by atoms with Crippen LogP contribution in [0.25, 0.3) is 22.6 Å². The fraction of sp³-hybridized carbons (Fsp3) is 0.115. The van der Waals surface area contributed by atoms with Crippen LogP contribution >= 0.6 is 0 Å². The summed E-state index contributed by atoms with van der Waals surface area (Å²) in [5.74, 6) is -3.07. The van der Waals surface area contributed by atoms with Crippen molar-refractivity contribution in [3.8, 4) is 17.7 Å². The molecule has 194 valence electrons. The van der Waals surface area contributed by atoms with E-state index >= 15 is 0 Å². The molecule has 2 aromatic heterocycles. The molecule has 0 saturated heterocycles. The smallest absolute Gasteiger partial charge is 0.355 e. The third kappa shape index (κ3) is 4.05. The lowest BCUT2D eigenvalue weighted by Crippen LogP contribution is -2.40. The highest BCUT2D eigenvalue weighted by Crippen LogP contribution is 2.44. The minimum Gasteiger partial charge on any atom is -0.466 e. The van der Waals surface area contributed by atoms with Gasteiger partial charge in [0.05, 0.1) is 48.4 Å². The number of carbonyl (C=O) groups excluding carboxylic acids is 2. The molecule has 3 N–H and O–H groups in total. The van der Waals surface area contributed by atoms with E-state index in [9.17, 15) is 19.6 Å². The highest BCUT2D eigenvalue weighted by atomic mass is 16.5. The van der Waals surface area contributed by atoms with E-state index in [1.807, 2.05) is 0 Å². The van der Waals surface area contributed by atoms with E-state index < -0.39 is 23.3 Å². The van der Waals surface area contributed by atoms with Crippen LogP contribution in [-0.2, 0) is 19.1 Å². The van der Waals surface area contributed by atoms with Crippen LogP contribution in [0, 0.1) is 11.3 Å². The summed E-state index contributed by atoms with van der Waals surface area (Å²) in [5.41, 5.74) is 6.16. The number of aromatic nitrogens is 4. The first-order valence-electron chi connectivity index (χ1n) is 11.4. The van der Waals surface area contributed by atoms with Crippen LogP contribution in [0.4, 0.5) is 5.69 Å². The molecule has 1 aliphatic rings. The molecule has 4 aromatic rings. The predicted molar refractivity (Wildman–Crippen MR) is 135 cm³/mol. The number of ether oxygens (including phenoxy) is 2. The summed E-state index contributed by atoms with van der Waals surface area (Å²) in [5, 5.41) is 23.8. The van der Waals surface area contributed by atoms with Gasteiger partial charge in [-0.1, -0.05) is 36.4 Å². The van der Waals surface area contributed by atoms with Gasteiger partial charge in [-0.2, -0.15) is 10.5 Å². The fourth-order valence-electron chi connectivity index (χ4n) is 4.48. The van der Waals surface area contributed by atoms with Crippen molar-refractivity contribution in [1.29, 1.82) is 5.26 Å². The summed E-state index contributed by atoms with van der Waals surface area (Å²) in [7, 11) is 2.29. The molecule has 1 unspecified atom stereocenters. The van der Waals surface area contributed by atoms with E-state index in [0.29, 0.717) is 5.56 Å². The van der Waals surface area contributed by atoms with Crippen molar-refractivity contribution in [2.45, 2.75) is 5.92 Å². The number of nitrogens with two attached hydrogens (primary N) is 1. The topological polar surface area (TPSA) is 190 Å². The van der Waals surface area contributed by atoms with Gasteiger partial charge in [-0.25, -0.2) is 9.59 Å². The van der Waals surface area contributed by atoms with Crippen LogP contribution in [0.2, 0.25) is 0 Å².